The Hall–Kier alpha value is -1.49. The Morgan fingerprint density at radius 2 is 2.23 bits per heavy atom. The lowest BCUT2D eigenvalue weighted by Crippen LogP contribution is -2.06. The van der Waals surface area contributed by atoms with Gasteiger partial charge in [-0.2, -0.15) is 4.37 Å². The Kier molecular flexibility index (Phi) is 1.94. The summed E-state index contributed by atoms with van der Waals surface area (Å²) in [5, 5.41) is 5.01. The van der Waals surface area contributed by atoms with Crippen molar-refractivity contribution in [1.29, 1.82) is 0 Å². The second-order valence-corrected chi connectivity index (χ2v) is 3.41. The van der Waals surface area contributed by atoms with E-state index in [0.717, 1.165) is 10.1 Å². The maximum absolute atomic E-state index is 10.3. The molecule has 0 unspecified atom stereocenters. The summed E-state index contributed by atoms with van der Waals surface area (Å²) in [5.74, 6) is 0.621. The summed E-state index contributed by atoms with van der Waals surface area (Å²) < 4.78 is 5.20. The Bertz CT molecular complexity index is 440. The summed E-state index contributed by atoms with van der Waals surface area (Å²) in [6.07, 6.45) is 0. The van der Waals surface area contributed by atoms with Crippen molar-refractivity contribution in [2.24, 2.45) is 5.29 Å². The van der Waals surface area contributed by atoms with Crippen LogP contribution < -0.4 is 5.01 Å². The molecular weight excluding hydrogens is 186 g/mol. The minimum absolute atomic E-state index is 0.621. The Morgan fingerprint density at radius 3 is 3.00 bits per heavy atom. The van der Waals surface area contributed by atoms with Gasteiger partial charge in [0.2, 0.25) is 0 Å². The topological polar surface area (TPSA) is 45.6 Å². The molecule has 0 spiro atoms. The van der Waals surface area contributed by atoms with E-state index in [1.807, 2.05) is 24.3 Å². The lowest BCUT2D eigenvalue weighted by atomic mass is 10.3. The largest absolute Gasteiger partial charge is 0.213 e. The van der Waals surface area contributed by atoms with Crippen LogP contribution in [-0.2, 0) is 0 Å². The Labute approximate surface area is 78.9 Å². The second-order valence-electron chi connectivity index (χ2n) is 2.61. The highest BCUT2D eigenvalue weighted by Gasteiger charge is 2.09. The quantitative estimate of drug-likeness (QED) is 0.543. The molecule has 0 aliphatic heterocycles. The first-order valence-corrected chi connectivity index (χ1v) is 4.51. The monoisotopic (exact) mass is 193 g/mol. The van der Waals surface area contributed by atoms with Crippen LogP contribution in [0.15, 0.2) is 29.6 Å². The molecule has 0 fully saturated rings. The highest BCUT2D eigenvalue weighted by Crippen LogP contribution is 2.28. The Balaban J connectivity index is 2.64. The average Bonchev–Trinajstić information content (AvgIpc) is 2.60. The number of nitroso groups, excluding NO2 is 1. The van der Waals surface area contributed by atoms with E-state index in [1.54, 1.807) is 7.05 Å². The molecule has 0 atom stereocenters. The highest BCUT2D eigenvalue weighted by atomic mass is 32.1. The molecule has 0 radical (unpaired) electrons. The minimum atomic E-state index is 0.621. The number of hydrogen-bond donors (Lipinski definition) is 0. The van der Waals surface area contributed by atoms with Gasteiger partial charge in [-0.1, -0.05) is 12.1 Å². The fourth-order valence-corrected chi connectivity index (χ4v) is 1.94. The zero-order valence-electron chi connectivity index (χ0n) is 6.97. The van der Waals surface area contributed by atoms with Gasteiger partial charge in [0, 0.05) is 12.4 Å². The van der Waals surface area contributed by atoms with Crippen LogP contribution in [0.5, 0.6) is 0 Å². The molecule has 0 N–H and O–H groups in total. The van der Waals surface area contributed by atoms with Gasteiger partial charge in [-0.15, -0.1) is 4.91 Å². The predicted molar refractivity (Wildman–Crippen MR) is 53.8 cm³/mol. The predicted octanol–water partition coefficient (Wildman–Crippen LogP) is 2.41. The van der Waals surface area contributed by atoms with E-state index in [-0.39, 0.29) is 0 Å². The normalized spacial score (nSPS) is 10.2. The van der Waals surface area contributed by atoms with Gasteiger partial charge in [0.15, 0.2) is 5.82 Å². The fourth-order valence-electron chi connectivity index (χ4n) is 1.14. The number of benzene rings is 1. The first-order valence-electron chi connectivity index (χ1n) is 3.74. The molecule has 0 saturated heterocycles. The number of anilines is 1. The van der Waals surface area contributed by atoms with Crippen LogP contribution in [0.2, 0.25) is 0 Å². The van der Waals surface area contributed by atoms with Crippen LogP contribution in [0.4, 0.5) is 5.82 Å². The van der Waals surface area contributed by atoms with E-state index in [1.165, 1.54) is 16.5 Å². The molecule has 2 rings (SSSR count). The van der Waals surface area contributed by atoms with Gasteiger partial charge >= 0.3 is 0 Å². The van der Waals surface area contributed by atoms with Gasteiger partial charge in [0.05, 0.1) is 9.99 Å². The van der Waals surface area contributed by atoms with E-state index in [0.29, 0.717) is 5.82 Å². The standard InChI is InChI=1S/C8H7N3OS/c1-11(10-12)8-6-4-2-3-5-7(6)13-9-8/h2-5H,1H3. The van der Waals surface area contributed by atoms with E-state index < -0.39 is 0 Å². The number of fused-ring (bicyclic) bond motifs is 1. The molecule has 1 aromatic carbocycles. The number of nitrogens with zero attached hydrogens (tertiary/aromatic N) is 3. The molecule has 0 aliphatic carbocycles. The molecule has 0 amide bonds. The van der Waals surface area contributed by atoms with Crippen LogP contribution in [0.3, 0.4) is 0 Å². The first-order chi connectivity index (χ1) is 6.33. The molecule has 1 heterocycles. The van der Waals surface area contributed by atoms with Gasteiger partial charge in [0.1, 0.15) is 0 Å². The lowest BCUT2D eigenvalue weighted by Gasteiger charge is -2.03. The molecule has 66 valence electrons. The zero-order chi connectivity index (χ0) is 9.26. The van der Waals surface area contributed by atoms with Crippen LogP contribution >= 0.6 is 11.5 Å². The maximum atomic E-state index is 10.3. The van der Waals surface area contributed by atoms with Crippen LogP contribution in [0, 0.1) is 4.91 Å². The third-order valence-corrected chi connectivity index (χ3v) is 2.60. The van der Waals surface area contributed by atoms with Gasteiger partial charge in [-0.25, -0.2) is 5.01 Å². The third-order valence-electron chi connectivity index (χ3n) is 1.79. The molecular formula is C8H7N3OS. The molecule has 0 saturated carbocycles. The van der Waals surface area contributed by atoms with Crippen LogP contribution in [-0.4, -0.2) is 11.4 Å². The summed E-state index contributed by atoms with van der Waals surface area (Å²) in [6, 6.07) is 7.75. The molecule has 1 aromatic heterocycles. The van der Waals surface area contributed by atoms with Gasteiger partial charge < -0.3 is 0 Å². The molecule has 4 nitrogen and oxygen atoms in total. The Morgan fingerprint density at radius 1 is 1.46 bits per heavy atom. The summed E-state index contributed by atoms with van der Waals surface area (Å²) in [7, 11) is 1.59. The highest BCUT2D eigenvalue weighted by molar-refractivity contribution is 7.13. The number of aromatic nitrogens is 1. The SMILES string of the molecule is CN(N=O)c1nsc2ccccc12. The van der Waals surface area contributed by atoms with Gasteiger partial charge in [-0.05, 0) is 23.7 Å². The smallest absolute Gasteiger partial charge is 0.172 e. The van der Waals surface area contributed by atoms with E-state index in [2.05, 4.69) is 9.66 Å². The van der Waals surface area contributed by atoms with Crippen molar-refractivity contribution in [3.8, 4) is 0 Å². The van der Waals surface area contributed by atoms with Crippen molar-refractivity contribution in [3.63, 3.8) is 0 Å². The van der Waals surface area contributed by atoms with Crippen molar-refractivity contribution < 1.29 is 0 Å². The summed E-state index contributed by atoms with van der Waals surface area (Å²) in [5.41, 5.74) is 0. The molecule has 0 aliphatic rings. The van der Waals surface area contributed by atoms with Crippen molar-refractivity contribution >= 4 is 27.4 Å². The molecule has 13 heavy (non-hydrogen) atoms. The average molecular weight is 193 g/mol. The van der Waals surface area contributed by atoms with Gasteiger partial charge in [-0.3, -0.25) is 0 Å². The second kappa shape index (κ2) is 3.10. The molecule has 2 aromatic rings. The maximum Gasteiger partial charge on any atom is 0.172 e. The number of hydrogen-bond acceptors (Lipinski definition) is 4. The first kappa shape index (κ1) is 8.12. The van der Waals surface area contributed by atoms with Crippen molar-refractivity contribution in [1.82, 2.24) is 4.37 Å². The fraction of sp³-hybridized carbons (Fsp3) is 0.125. The minimum Gasteiger partial charge on any atom is -0.213 e. The summed E-state index contributed by atoms with van der Waals surface area (Å²) in [4.78, 5) is 10.3. The third kappa shape index (κ3) is 1.27. The van der Waals surface area contributed by atoms with Gasteiger partial charge in [0.25, 0.3) is 0 Å². The van der Waals surface area contributed by atoms with Crippen molar-refractivity contribution in [2.75, 3.05) is 12.1 Å². The van der Waals surface area contributed by atoms with Crippen LogP contribution in [0.1, 0.15) is 0 Å². The molecule has 5 heteroatoms. The van der Waals surface area contributed by atoms with E-state index in [9.17, 15) is 4.91 Å². The summed E-state index contributed by atoms with van der Waals surface area (Å²) >= 11 is 1.37. The summed E-state index contributed by atoms with van der Waals surface area (Å²) in [6.45, 7) is 0. The molecule has 0 bridgehead atoms. The van der Waals surface area contributed by atoms with Crippen molar-refractivity contribution in [3.05, 3.63) is 29.2 Å². The van der Waals surface area contributed by atoms with Crippen LogP contribution in [0.25, 0.3) is 10.1 Å². The zero-order valence-corrected chi connectivity index (χ0v) is 7.78. The lowest BCUT2D eigenvalue weighted by molar-refractivity contribution is 0.991. The van der Waals surface area contributed by atoms with Crippen molar-refractivity contribution in [2.45, 2.75) is 0 Å². The van der Waals surface area contributed by atoms with E-state index >= 15 is 0 Å². The number of rotatable bonds is 2. The van der Waals surface area contributed by atoms with E-state index in [4.69, 9.17) is 0 Å².